The number of anilines is 1. The Morgan fingerprint density at radius 1 is 1.44 bits per heavy atom. The molecular weight excluding hydrogens is 248 g/mol. The summed E-state index contributed by atoms with van der Waals surface area (Å²) in [5.41, 5.74) is 7.08. The lowest BCUT2D eigenvalue weighted by Crippen LogP contribution is -2.30. The van der Waals surface area contributed by atoms with Crippen LogP contribution in [0.15, 0.2) is 6.07 Å². The van der Waals surface area contributed by atoms with Crippen molar-refractivity contribution in [3.63, 3.8) is 0 Å². The van der Waals surface area contributed by atoms with E-state index in [1.165, 1.54) is 0 Å². The highest BCUT2D eigenvalue weighted by molar-refractivity contribution is 7.80. The molecule has 1 aromatic rings. The van der Waals surface area contributed by atoms with Gasteiger partial charge < -0.3 is 15.4 Å². The highest BCUT2D eigenvalue weighted by Gasteiger charge is 2.10. The summed E-state index contributed by atoms with van der Waals surface area (Å²) >= 11 is 4.95. The van der Waals surface area contributed by atoms with Crippen molar-refractivity contribution < 1.29 is 4.74 Å². The molecule has 0 amide bonds. The Hall–Kier alpha value is -1.27. The van der Waals surface area contributed by atoms with Crippen molar-refractivity contribution in [1.82, 2.24) is 9.97 Å². The molecule has 0 aromatic carbocycles. The summed E-state index contributed by atoms with van der Waals surface area (Å²) < 4.78 is 5.35. The van der Waals surface area contributed by atoms with Crippen LogP contribution in [0.3, 0.4) is 0 Å². The first-order chi connectivity index (χ1) is 8.58. The van der Waals surface area contributed by atoms with Gasteiger partial charge in [0.05, 0.1) is 6.61 Å². The number of rotatable bonds is 7. The first-order valence-electron chi connectivity index (χ1n) is 6.06. The number of nitrogens with two attached hydrogens (primary N) is 1. The SMILES string of the molecule is CCOCCN(CC)c1nc(C)cc(C(N)=S)n1. The van der Waals surface area contributed by atoms with Crippen LogP contribution in [0.4, 0.5) is 5.95 Å². The Kier molecular flexibility index (Phi) is 5.94. The molecule has 0 atom stereocenters. The van der Waals surface area contributed by atoms with Gasteiger partial charge in [-0.2, -0.15) is 0 Å². The normalized spacial score (nSPS) is 10.4. The van der Waals surface area contributed by atoms with Gasteiger partial charge in [-0.1, -0.05) is 12.2 Å². The molecule has 0 fully saturated rings. The highest BCUT2D eigenvalue weighted by atomic mass is 32.1. The lowest BCUT2D eigenvalue weighted by molar-refractivity contribution is 0.153. The molecule has 0 saturated carbocycles. The Bertz CT molecular complexity index is 411. The van der Waals surface area contributed by atoms with Crippen LogP contribution < -0.4 is 10.6 Å². The van der Waals surface area contributed by atoms with E-state index < -0.39 is 0 Å². The zero-order valence-electron chi connectivity index (χ0n) is 11.1. The molecular formula is C12H20N4OS. The molecule has 0 spiro atoms. The number of aryl methyl sites for hydroxylation is 1. The zero-order valence-corrected chi connectivity index (χ0v) is 12.0. The number of hydrogen-bond donors (Lipinski definition) is 1. The van der Waals surface area contributed by atoms with Crippen molar-refractivity contribution in [2.75, 3.05) is 31.2 Å². The van der Waals surface area contributed by atoms with Gasteiger partial charge in [-0.15, -0.1) is 0 Å². The van der Waals surface area contributed by atoms with Crippen LogP contribution in [0.25, 0.3) is 0 Å². The fraction of sp³-hybridized carbons (Fsp3) is 0.583. The number of nitrogens with zero attached hydrogens (tertiary/aromatic N) is 3. The van der Waals surface area contributed by atoms with Crippen molar-refractivity contribution >= 4 is 23.2 Å². The topological polar surface area (TPSA) is 64.3 Å². The summed E-state index contributed by atoms with van der Waals surface area (Å²) in [6, 6.07) is 1.79. The van der Waals surface area contributed by atoms with Crippen LogP contribution in [-0.4, -0.2) is 41.3 Å². The van der Waals surface area contributed by atoms with E-state index in [1.807, 2.05) is 18.7 Å². The van der Waals surface area contributed by atoms with Crippen molar-refractivity contribution in [3.8, 4) is 0 Å². The lowest BCUT2D eigenvalue weighted by Gasteiger charge is -2.21. The highest BCUT2D eigenvalue weighted by Crippen LogP contribution is 2.10. The molecule has 0 unspecified atom stereocenters. The van der Waals surface area contributed by atoms with Gasteiger partial charge in [-0.25, -0.2) is 9.97 Å². The average Bonchev–Trinajstić information content (AvgIpc) is 2.34. The summed E-state index contributed by atoms with van der Waals surface area (Å²) in [4.78, 5) is 11.1. The fourth-order valence-electron chi connectivity index (χ4n) is 1.54. The van der Waals surface area contributed by atoms with Gasteiger partial charge in [-0.3, -0.25) is 0 Å². The van der Waals surface area contributed by atoms with Gasteiger partial charge in [0.1, 0.15) is 10.7 Å². The van der Waals surface area contributed by atoms with Gasteiger partial charge in [0.25, 0.3) is 0 Å². The first kappa shape index (κ1) is 14.8. The number of ether oxygens (including phenoxy) is 1. The Balaban J connectivity index is 2.87. The third kappa shape index (κ3) is 4.19. The van der Waals surface area contributed by atoms with E-state index in [-0.39, 0.29) is 0 Å². The lowest BCUT2D eigenvalue weighted by atomic mass is 10.3. The summed E-state index contributed by atoms with van der Waals surface area (Å²) in [6.07, 6.45) is 0. The fourth-order valence-corrected chi connectivity index (χ4v) is 1.64. The summed E-state index contributed by atoms with van der Waals surface area (Å²) in [7, 11) is 0. The van der Waals surface area contributed by atoms with E-state index in [9.17, 15) is 0 Å². The van der Waals surface area contributed by atoms with Crippen LogP contribution in [0.1, 0.15) is 25.2 Å². The molecule has 0 saturated heterocycles. The predicted molar refractivity (Wildman–Crippen MR) is 77.0 cm³/mol. The smallest absolute Gasteiger partial charge is 0.226 e. The van der Waals surface area contributed by atoms with Gasteiger partial charge in [-0.05, 0) is 26.8 Å². The van der Waals surface area contributed by atoms with Crippen molar-refractivity contribution in [3.05, 3.63) is 17.5 Å². The second kappa shape index (κ2) is 7.23. The molecule has 100 valence electrons. The zero-order chi connectivity index (χ0) is 13.5. The van der Waals surface area contributed by atoms with Crippen molar-refractivity contribution in [1.29, 1.82) is 0 Å². The third-order valence-corrected chi connectivity index (χ3v) is 2.68. The molecule has 0 aliphatic rings. The Labute approximate surface area is 113 Å². The Morgan fingerprint density at radius 2 is 2.17 bits per heavy atom. The molecule has 0 aliphatic heterocycles. The molecule has 0 aliphatic carbocycles. The average molecular weight is 268 g/mol. The monoisotopic (exact) mass is 268 g/mol. The molecule has 2 N–H and O–H groups in total. The number of thiocarbonyl (C=S) groups is 1. The quantitative estimate of drug-likeness (QED) is 0.594. The molecule has 5 nitrogen and oxygen atoms in total. The number of likely N-dealkylation sites (N-methyl/N-ethyl adjacent to an activating group) is 1. The van der Waals surface area contributed by atoms with Gasteiger partial charge >= 0.3 is 0 Å². The molecule has 1 aromatic heterocycles. The summed E-state index contributed by atoms with van der Waals surface area (Å²) in [5, 5.41) is 0. The Morgan fingerprint density at radius 3 is 2.72 bits per heavy atom. The van der Waals surface area contributed by atoms with Crippen LogP contribution >= 0.6 is 12.2 Å². The standard InChI is InChI=1S/C12H20N4OS/c1-4-16(6-7-17-5-2)12-14-9(3)8-10(15-12)11(13)18/h8H,4-7H2,1-3H3,(H2,13,18). The van der Waals surface area contributed by atoms with E-state index >= 15 is 0 Å². The van der Waals surface area contributed by atoms with Crippen molar-refractivity contribution in [2.45, 2.75) is 20.8 Å². The van der Waals surface area contributed by atoms with E-state index in [4.69, 9.17) is 22.7 Å². The van der Waals surface area contributed by atoms with Crippen molar-refractivity contribution in [2.24, 2.45) is 5.73 Å². The van der Waals surface area contributed by atoms with E-state index in [0.29, 0.717) is 29.8 Å². The minimum absolute atomic E-state index is 0.294. The van der Waals surface area contributed by atoms with Crippen LogP contribution in [0.5, 0.6) is 0 Å². The summed E-state index contributed by atoms with van der Waals surface area (Å²) in [6.45, 7) is 8.87. The second-order valence-electron chi connectivity index (χ2n) is 3.84. The molecule has 0 bridgehead atoms. The third-order valence-electron chi connectivity index (χ3n) is 2.47. The van der Waals surface area contributed by atoms with Gasteiger partial charge in [0, 0.05) is 25.4 Å². The van der Waals surface area contributed by atoms with E-state index in [1.54, 1.807) is 6.07 Å². The summed E-state index contributed by atoms with van der Waals surface area (Å²) in [5.74, 6) is 0.653. The largest absolute Gasteiger partial charge is 0.388 e. The first-order valence-corrected chi connectivity index (χ1v) is 6.47. The number of hydrogen-bond acceptors (Lipinski definition) is 5. The predicted octanol–water partition coefficient (Wildman–Crippen LogP) is 1.28. The maximum Gasteiger partial charge on any atom is 0.226 e. The maximum absolute atomic E-state index is 5.61. The molecule has 0 radical (unpaired) electrons. The maximum atomic E-state index is 5.61. The molecule has 6 heteroatoms. The molecule has 18 heavy (non-hydrogen) atoms. The minimum Gasteiger partial charge on any atom is -0.388 e. The van der Waals surface area contributed by atoms with E-state index in [0.717, 1.165) is 18.8 Å². The van der Waals surface area contributed by atoms with Crippen LogP contribution in [-0.2, 0) is 4.74 Å². The van der Waals surface area contributed by atoms with Crippen LogP contribution in [0, 0.1) is 6.92 Å². The van der Waals surface area contributed by atoms with Gasteiger partial charge in [0.2, 0.25) is 5.95 Å². The van der Waals surface area contributed by atoms with Crippen LogP contribution in [0.2, 0.25) is 0 Å². The van der Waals surface area contributed by atoms with Gasteiger partial charge in [0.15, 0.2) is 0 Å². The van der Waals surface area contributed by atoms with E-state index in [2.05, 4.69) is 16.9 Å². The molecule has 1 heterocycles. The minimum atomic E-state index is 0.294. The molecule has 1 rings (SSSR count). The number of aromatic nitrogens is 2. The second-order valence-corrected chi connectivity index (χ2v) is 4.28.